The van der Waals surface area contributed by atoms with Crippen LogP contribution in [-0.2, 0) is 16.0 Å². The third kappa shape index (κ3) is 5.05. The van der Waals surface area contributed by atoms with Crippen LogP contribution in [0, 0.1) is 5.92 Å². The molecule has 1 fully saturated rings. The summed E-state index contributed by atoms with van der Waals surface area (Å²) in [7, 11) is 0. The van der Waals surface area contributed by atoms with Gasteiger partial charge in [0.1, 0.15) is 0 Å². The van der Waals surface area contributed by atoms with E-state index in [9.17, 15) is 14.4 Å². The number of urea groups is 1. The lowest BCUT2D eigenvalue weighted by atomic mass is 9.94. The molecule has 1 unspecified atom stereocenters. The molecule has 1 atom stereocenters. The smallest absolute Gasteiger partial charge is 0.324 e. The molecule has 2 rings (SSSR count). The van der Waals surface area contributed by atoms with E-state index < -0.39 is 0 Å². The van der Waals surface area contributed by atoms with Crippen LogP contribution < -0.4 is 10.6 Å². The van der Waals surface area contributed by atoms with Crippen LogP contribution in [0.2, 0.25) is 0 Å². The molecule has 6 nitrogen and oxygen atoms in total. The Morgan fingerprint density at radius 1 is 1.24 bits per heavy atom. The average molecular weight is 345 g/mol. The minimum absolute atomic E-state index is 0.0462. The SMILES string of the molecule is CCc1ccc(C(NC(=O)CCCN2C(=O)CNC2=O)C(C)C)cc1. The van der Waals surface area contributed by atoms with E-state index in [1.54, 1.807) is 0 Å². The average Bonchev–Trinajstić information content (AvgIpc) is 2.91. The van der Waals surface area contributed by atoms with E-state index >= 15 is 0 Å². The second kappa shape index (κ2) is 8.65. The number of carbonyl (C=O) groups excluding carboxylic acids is 3. The quantitative estimate of drug-likeness (QED) is 0.710. The number of imide groups is 1. The fourth-order valence-electron chi connectivity index (χ4n) is 2.92. The van der Waals surface area contributed by atoms with Crippen molar-refractivity contribution in [2.45, 2.75) is 46.1 Å². The zero-order valence-corrected chi connectivity index (χ0v) is 15.2. The summed E-state index contributed by atoms with van der Waals surface area (Å²) >= 11 is 0. The molecule has 0 bridgehead atoms. The number of carbonyl (C=O) groups is 3. The molecule has 1 heterocycles. The minimum atomic E-state index is -0.374. The highest BCUT2D eigenvalue weighted by Crippen LogP contribution is 2.22. The molecular formula is C19H27N3O3. The molecule has 1 aliphatic heterocycles. The van der Waals surface area contributed by atoms with Crippen LogP contribution in [0.25, 0.3) is 0 Å². The van der Waals surface area contributed by atoms with Crippen LogP contribution in [0.4, 0.5) is 4.79 Å². The molecule has 1 aliphatic rings. The number of nitrogens with one attached hydrogen (secondary N) is 2. The van der Waals surface area contributed by atoms with Crippen molar-refractivity contribution < 1.29 is 14.4 Å². The number of hydrogen-bond donors (Lipinski definition) is 2. The second-order valence-electron chi connectivity index (χ2n) is 6.69. The van der Waals surface area contributed by atoms with E-state index in [0.29, 0.717) is 6.42 Å². The Kier molecular flexibility index (Phi) is 6.56. The van der Waals surface area contributed by atoms with Gasteiger partial charge in [-0.05, 0) is 29.9 Å². The largest absolute Gasteiger partial charge is 0.349 e. The van der Waals surface area contributed by atoms with Gasteiger partial charge in [-0.1, -0.05) is 45.0 Å². The fourth-order valence-corrected chi connectivity index (χ4v) is 2.92. The van der Waals surface area contributed by atoms with E-state index in [0.717, 1.165) is 16.9 Å². The maximum Gasteiger partial charge on any atom is 0.324 e. The lowest BCUT2D eigenvalue weighted by molar-refractivity contribution is -0.126. The third-order valence-corrected chi connectivity index (χ3v) is 4.45. The predicted octanol–water partition coefficient (Wildman–Crippen LogP) is 2.39. The van der Waals surface area contributed by atoms with Crippen LogP contribution in [0.3, 0.4) is 0 Å². The maximum atomic E-state index is 12.3. The van der Waals surface area contributed by atoms with Crippen LogP contribution in [-0.4, -0.2) is 35.8 Å². The molecule has 0 radical (unpaired) electrons. The van der Waals surface area contributed by atoms with Gasteiger partial charge in [-0.3, -0.25) is 14.5 Å². The van der Waals surface area contributed by atoms with Gasteiger partial charge in [0.05, 0.1) is 12.6 Å². The van der Waals surface area contributed by atoms with E-state index in [4.69, 9.17) is 0 Å². The van der Waals surface area contributed by atoms with Crippen molar-refractivity contribution >= 4 is 17.8 Å². The number of nitrogens with zero attached hydrogens (tertiary/aromatic N) is 1. The molecule has 25 heavy (non-hydrogen) atoms. The molecule has 1 aromatic carbocycles. The molecule has 0 aromatic heterocycles. The van der Waals surface area contributed by atoms with Gasteiger partial charge in [-0.25, -0.2) is 4.79 Å². The Hall–Kier alpha value is -2.37. The first-order chi connectivity index (χ1) is 11.9. The topological polar surface area (TPSA) is 78.5 Å². The second-order valence-corrected chi connectivity index (χ2v) is 6.69. The van der Waals surface area contributed by atoms with Crippen molar-refractivity contribution in [2.24, 2.45) is 5.92 Å². The Morgan fingerprint density at radius 2 is 1.92 bits per heavy atom. The highest BCUT2D eigenvalue weighted by atomic mass is 16.2. The maximum absolute atomic E-state index is 12.3. The Morgan fingerprint density at radius 3 is 2.44 bits per heavy atom. The van der Waals surface area contributed by atoms with Crippen LogP contribution in [0.5, 0.6) is 0 Å². The highest BCUT2D eigenvalue weighted by molar-refractivity contribution is 6.01. The lowest BCUT2D eigenvalue weighted by Crippen LogP contribution is -2.34. The third-order valence-electron chi connectivity index (χ3n) is 4.45. The summed E-state index contributed by atoms with van der Waals surface area (Å²) in [4.78, 5) is 36.4. The highest BCUT2D eigenvalue weighted by Gasteiger charge is 2.28. The number of amides is 4. The number of benzene rings is 1. The van der Waals surface area contributed by atoms with Gasteiger partial charge in [0.15, 0.2) is 0 Å². The molecule has 4 amide bonds. The number of hydrogen-bond acceptors (Lipinski definition) is 3. The molecule has 136 valence electrons. The first-order valence-electron chi connectivity index (χ1n) is 8.88. The Labute approximate surface area is 149 Å². The zero-order chi connectivity index (χ0) is 18.4. The standard InChI is InChI=1S/C19H27N3O3/c1-4-14-7-9-15(10-8-14)18(13(2)3)21-16(23)6-5-11-22-17(24)12-20-19(22)25/h7-10,13,18H,4-6,11-12H2,1-3H3,(H,20,25)(H,21,23). The van der Waals surface area contributed by atoms with Crippen LogP contribution in [0.15, 0.2) is 24.3 Å². The van der Waals surface area contributed by atoms with Crippen LogP contribution >= 0.6 is 0 Å². The zero-order valence-electron chi connectivity index (χ0n) is 15.2. The van der Waals surface area contributed by atoms with E-state index in [1.165, 1.54) is 5.56 Å². The fraction of sp³-hybridized carbons (Fsp3) is 0.526. The summed E-state index contributed by atoms with van der Waals surface area (Å²) in [5.41, 5.74) is 2.36. The minimum Gasteiger partial charge on any atom is -0.349 e. The van der Waals surface area contributed by atoms with Gasteiger partial charge in [0.25, 0.3) is 0 Å². The van der Waals surface area contributed by atoms with E-state index in [-0.39, 0.29) is 49.3 Å². The van der Waals surface area contributed by atoms with Crippen molar-refractivity contribution in [3.63, 3.8) is 0 Å². The first-order valence-corrected chi connectivity index (χ1v) is 8.88. The van der Waals surface area contributed by atoms with Crippen molar-refractivity contribution in [3.8, 4) is 0 Å². The van der Waals surface area contributed by atoms with Crippen molar-refractivity contribution in [1.82, 2.24) is 15.5 Å². The van der Waals surface area contributed by atoms with Gasteiger partial charge in [-0.15, -0.1) is 0 Å². The number of rotatable bonds is 8. The normalized spacial score (nSPS) is 15.4. The monoisotopic (exact) mass is 345 g/mol. The van der Waals surface area contributed by atoms with Gasteiger partial charge >= 0.3 is 6.03 Å². The molecule has 6 heteroatoms. The molecule has 1 aromatic rings. The summed E-state index contributed by atoms with van der Waals surface area (Å²) in [6, 6.07) is 7.90. The van der Waals surface area contributed by atoms with Crippen molar-refractivity contribution in [1.29, 1.82) is 0 Å². The molecular weight excluding hydrogens is 318 g/mol. The molecule has 2 N–H and O–H groups in total. The van der Waals surface area contributed by atoms with Crippen molar-refractivity contribution in [2.75, 3.05) is 13.1 Å². The van der Waals surface area contributed by atoms with Crippen LogP contribution in [0.1, 0.15) is 50.8 Å². The summed E-state index contributed by atoms with van der Waals surface area (Å²) in [5.74, 6) is -0.0332. The molecule has 1 saturated heterocycles. The van der Waals surface area contributed by atoms with Gasteiger partial charge in [0, 0.05) is 13.0 Å². The van der Waals surface area contributed by atoms with E-state index in [2.05, 4.69) is 55.7 Å². The summed E-state index contributed by atoms with van der Waals surface area (Å²) in [5, 5.41) is 5.55. The predicted molar refractivity (Wildman–Crippen MR) is 95.9 cm³/mol. The lowest BCUT2D eigenvalue weighted by Gasteiger charge is -2.23. The molecule has 0 spiro atoms. The summed E-state index contributed by atoms with van der Waals surface area (Å²) in [6.45, 7) is 6.59. The first kappa shape index (κ1) is 19.0. The molecule has 0 saturated carbocycles. The Bertz CT molecular complexity index is 609. The molecule has 0 aliphatic carbocycles. The summed E-state index contributed by atoms with van der Waals surface area (Å²) < 4.78 is 0. The van der Waals surface area contributed by atoms with Gasteiger partial charge in [-0.2, -0.15) is 0 Å². The van der Waals surface area contributed by atoms with Gasteiger partial charge < -0.3 is 10.6 Å². The summed E-state index contributed by atoms with van der Waals surface area (Å²) in [6.07, 6.45) is 1.74. The van der Waals surface area contributed by atoms with Crippen molar-refractivity contribution in [3.05, 3.63) is 35.4 Å². The van der Waals surface area contributed by atoms with E-state index in [1.807, 2.05) is 0 Å². The Balaban J connectivity index is 1.87. The number of aryl methyl sites for hydroxylation is 1. The van der Waals surface area contributed by atoms with Gasteiger partial charge in [0.2, 0.25) is 11.8 Å².